The molecular weight excluding hydrogens is 386 g/mol. The number of hydrogen-bond acceptors (Lipinski definition) is 5. The third-order valence-electron chi connectivity index (χ3n) is 4.35. The van der Waals surface area contributed by atoms with E-state index in [2.05, 4.69) is 21.6 Å². The van der Waals surface area contributed by atoms with Crippen LogP contribution in [0.4, 0.5) is 0 Å². The van der Waals surface area contributed by atoms with Gasteiger partial charge in [-0.25, -0.2) is 0 Å². The summed E-state index contributed by atoms with van der Waals surface area (Å²) >= 11 is 7.56. The number of amides is 2. The Morgan fingerprint density at radius 2 is 2.00 bits per heavy atom. The summed E-state index contributed by atoms with van der Waals surface area (Å²) in [5.41, 5.74) is 0.431. The van der Waals surface area contributed by atoms with Crippen molar-refractivity contribution in [3.05, 3.63) is 57.2 Å². The number of thiophene rings is 1. The molecular formula is C19H22ClN3O3S. The van der Waals surface area contributed by atoms with E-state index in [0.29, 0.717) is 30.3 Å². The van der Waals surface area contributed by atoms with E-state index in [0.717, 1.165) is 13.1 Å². The maximum Gasteiger partial charge on any atom is 0.251 e. The van der Waals surface area contributed by atoms with Crippen LogP contribution in [0.15, 0.2) is 41.8 Å². The monoisotopic (exact) mass is 407 g/mol. The molecule has 2 amide bonds. The first-order chi connectivity index (χ1) is 13.1. The summed E-state index contributed by atoms with van der Waals surface area (Å²) < 4.78 is 5.43. The number of ether oxygens (including phenoxy) is 1. The highest BCUT2D eigenvalue weighted by Gasteiger charge is 2.24. The topological polar surface area (TPSA) is 70.7 Å². The van der Waals surface area contributed by atoms with Gasteiger partial charge in [-0.15, -0.1) is 11.3 Å². The Hall–Kier alpha value is -1.93. The Balaban J connectivity index is 1.51. The number of carbonyl (C=O) groups excluding carboxylic acids is 2. The highest BCUT2D eigenvalue weighted by atomic mass is 35.5. The first-order valence-corrected chi connectivity index (χ1v) is 10.0. The van der Waals surface area contributed by atoms with Gasteiger partial charge in [-0.2, -0.15) is 0 Å². The molecule has 1 saturated heterocycles. The van der Waals surface area contributed by atoms with Crippen molar-refractivity contribution in [2.75, 3.05) is 39.4 Å². The maximum absolute atomic E-state index is 12.2. The van der Waals surface area contributed by atoms with Crippen molar-refractivity contribution in [3.63, 3.8) is 0 Å². The number of carbonyl (C=O) groups is 2. The van der Waals surface area contributed by atoms with Crippen LogP contribution in [0, 0.1) is 0 Å². The van der Waals surface area contributed by atoms with E-state index in [1.54, 1.807) is 35.6 Å². The molecule has 0 bridgehead atoms. The fourth-order valence-electron chi connectivity index (χ4n) is 2.95. The number of benzene rings is 1. The van der Waals surface area contributed by atoms with E-state index in [9.17, 15) is 9.59 Å². The first-order valence-electron chi connectivity index (χ1n) is 8.79. The molecule has 8 heteroatoms. The van der Waals surface area contributed by atoms with Gasteiger partial charge in [0.05, 0.1) is 25.8 Å². The van der Waals surface area contributed by atoms with Gasteiger partial charge in [0.15, 0.2) is 0 Å². The lowest BCUT2D eigenvalue weighted by molar-refractivity contribution is -0.120. The zero-order chi connectivity index (χ0) is 19.1. The predicted octanol–water partition coefficient (Wildman–Crippen LogP) is 2.32. The summed E-state index contributed by atoms with van der Waals surface area (Å²) in [5, 5.41) is 8.07. The zero-order valence-electron chi connectivity index (χ0n) is 14.8. The van der Waals surface area contributed by atoms with Gasteiger partial charge >= 0.3 is 0 Å². The first kappa shape index (κ1) is 19.8. The van der Waals surface area contributed by atoms with Crippen molar-refractivity contribution in [2.45, 2.75) is 6.04 Å². The van der Waals surface area contributed by atoms with Crippen LogP contribution in [-0.4, -0.2) is 56.1 Å². The van der Waals surface area contributed by atoms with Crippen molar-refractivity contribution < 1.29 is 14.3 Å². The van der Waals surface area contributed by atoms with Gasteiger partial charge in [0.2, 0.25) is 5.91 Å². The number of nitrogens with zero attached hydrogens (tertiary/aromatic N) is 1. The lowest BCUT2D eigenvalue weighted by Gasteiger charge is -2.34. The van der Waals surface area contributed by atoms with Crippen molar-refractivity contribution in [2.24, 2.45) is 0 Å². The van der Waals surface area contributed by atoms with E-state index in [1.165, 1.54) is 4.88 Å². The summed E-state index contributed by atoms with van der Waals surface area (Å²) in [7, 11) is 0. The molecule has 2 N–H and O–H groups in total. The highest BCUT2D eigenvalue weighted by molar-refractivity contribution is 7.10. The molecule has 1 aromatic carbocycles. The Morgan fingerprint density at radius 3 is 2.70 bits per heavy atom. The fourth-order valence-corrected chi connectivity index (χ4v) is 4.00. The summed E-state index contributed by atoms with van der Waals surface area (Å²) in [6.07, 6.45) is 0. The number of morpholine rings is 1. The molecule has 27 heavy (non-hydrogen) atoms. The van der Waals surface area contributed by atoms with Crippen LogP contribution in [-0.2, 0) is 9.53 Å². The summed E-state index contributed by atoms with van der Waals surface area (Å²) in [5.74, 6) is -0.546. The lowest BCUT2D eigenvalue weighted by Crippen LogP contribution is -2.45. The minimum atomic E-state index is -0.323. The molecule has 2 aromatic rings. The molecule has 2 heterocycles. The standard InChI is InChI=1S/C19H22ClN3O3S/c20-15-4-1-3-14(11-15)19(25)22-13-18(24)21-12-16(17-5-2-10-27-17)23-6-8-26-9-7-23/h1-5,10-11,16H,6-9,12-13H2,(H,21,24)(H,22,25)/t16-/m0/s1. The van der Waals surface area contributed by atoms with E-state index in [-0.39, 0.29) is 24.4 Å². The van der Waals surface area contributed by atoms with Gasteiger partial charge in [-0.05, 0) is 29.6 Å². The number of nitrogens with one attached hydrogen (secondary N) is 2. The number of hydrogen-bond donors (Lipinski definition) is 2. The van der Waals surface area contributed by atoms with E-state index >= 15 is 0 Å². The highest BCUT2D eigenvalue weighted by Crippen LogP contribution is 2.25. The third kappa shape index (κ3) is 5.77. The average Bonchev–Trinajstić information content (AvgIpc) is 3.21. The fraction of sp³-hybridized carbons (Fsp3) is 0.368. The summed E-state index contributed by atoms with van der Waals surface area (Å²) in [4.78, 5) is 27.8. The molecule has 1 fully saturated rings. The zero-order valence-corrected chi connectivity index (χ0v) is 16.4. The van der Waals surface area contributed by atoms with Crippen molar-refractivity contribution >= 4 is 34.8 Å². The van der Waals surface area contributed by atoms with Crippen molar-refractivity contribution in [1.82, 2.24) is 15.5 Å². The van der Waals surface area contributed by atoms with Crippen LogP contribution in [0.25, 0.3) is 0 Å². The quantitative estimate of drug-likeness (QED) is 0.739. The minimum absolute atomic E-state index is 0.0778. The maximum atomic E-state index is 12.2. The van der Waals surface area contributed by atoms with Crippen LogP contribution in [0.5, 0.6) is 0 Å². The van der Waals surface area contributed by atoms with Gasteiger partial charge in [0.25, 0.3) is 5.91 Å². The van der Waals surface area contributed by atoms with Crippen LogP contribution < -0.4 is 10.6 Å². The van der Waals surface area contributed by atoms with Crippen LogP contribution >= 0.6 is 22.9 Å². The van der Waals surface area contributed by atoms with Crippen molar-refractivity contribution in [3.8, 4) is 0 Å². The molecule has 1 atom stereocenters. The van der Waals surface area contributed by atoms with Crippen LogP contribution in [0.3, 0.4) is 0 Å². The smallest absolute Gasteiger partial charge is 0.251 e. The number of rotatable bonds is 7. The number of halogens is 1. The van der Waals surface area contributed by atoms with Gasteiger partial charge in [-0.1, -0.05) is 23.7 Å². The molecule has 0 aliphatic carbocycles. The van der Waals surface area contributed by atoms with Crippen molar-refractivity contribution in [1.29, 1.82) is 0 Å². The van der Waals surface area contributed by atoms with Gasteiger partial charge in [-0.3, -0.25) is 14.5 Å². The molecule has 0 radical (unpaired) electrons. The second-order valence-corrected chi connectivity index (χ2v) is 7.59. The molecule has 1 aliphatic rings. The molecule has 3 rings (SSSR count). The molecule has 0 spiro atoms. The molecule has 6 nitrogen and oxygen atoms in total. The normalized spacial score (nSPS) is 15.9. The Labute approximate surface area is 167 Å². The Bertz CT molecular complexity index is 763. The lowest BCUT2D eigenvalue weighted by atomic mass is 10.2. The van der Waals surface area contributed by atoms with Gasteiger partial charge < -0.3 is 15.4 Å². The molecule has 1 aliphatic heterocycles. The second-order valence-electron chi connectivity index (χ2n) is 6.18. The predicted molar refractivity (Wildman–Crippen MR) is 106 cm³/mol. The molecule has 0 unspecified atom stereocenters. The largest absolute Gasteiger partial charge is 0.379 e. The van der Waals surface area contributed by atoms with E-state index in [1.807, 2.05) is 11.4 Å². The molecule has 144 valence electrons. The minimum Gasteiger partial charge on any atom is -0.379 e. The molecule has 1 aromatic heterocycles. The van der Waals surface area contributed by atoms with Gasteiger partial charge in [0.1, 0.15) is 0 Å². The summed E-state index contributed by atoms with van der Waals surface area (Å²) in [6, 6.07) is 10.8. The van der Waals surface area contributed by atoms with Crippen LogP contribution in [0.2, 0.25) is 5.02 Å². The molecule has 0 saturated carbocycles. The summed E-state index contributed by atoms with van der Waals surface area (Å²) in [6.45, 7) is 3.49. The van der Waals surface area contributed by atoms with Crippen LogP contribution in [0.1, 0.15) is 21.3 Å². The Morgan fingerprint density at radius 1 is 1.19 bits per heavy atom. The third-order valence-corrected chi connectivity index (χ3v) is 5.56. The van der Waals surface area contributed by atoms with E-state index < -0.39 is 0 Å². The second kappa shape index (κ2) is 9.85. The average molecular weight is 408 g/mol. The van der Waals surface area contributed by atoms with E-state index in [4.69, 9.17) is 16.3 Å². The SMILES string of the molecule is O=C(CNC(=O)c1cccc(Cl)c1)NC[C@@H](c1cccs1)N1CCOCC1. The Kier molecular flexibility index (Phi) is 7.23. The van der Waals surface area contributed by atoms with Gasteiger partial charge in [0, 0.05) is 35.1 Å².